The molecule has 0 N–H and O–H groups in total. The summed E-state index contributed by atoms with van der Waals surface area (Å²) in [5, 5.41) is 4.04. The highest BCUT2D eigenvalue weighted by Gasteiger charge is 2.21. The summed E-state index contributed by atoms with van der Waals surface area (Å²) in [6.45, 7) is 2.23. The van der Waals surface area contributed by atoms with Crippen molar-refractivity contribution in [1.82, 2.24) is 20.0 Å². The topological polar surface area (TPSA) is 55.1 Å². The van der Waals surface area contributed by atoms with Crippen molar-refractivity contribution in [3.8, 4) is 22.6 Å². The second-order valence-electron chi connectivity index (χ2n) is 7.15. The second-order valence-corrected chi connectivity index (χ2v) is 7.15. The predicted molar refractivity (Wildman–Crippen MR) is 107 cm³/mol. The molecule has 0 unspecified atom stereocenters. The molecule has 0 atom stereocenters. The summed E-state index contributed by atoms with van der Waals surface area (Å²) in [6, 6.07) is 18.4. The lowest BCUT2D eigenvalue weighted by Crippen LogP contribution is -2.30. The smallest absolute Gasteiger partial charge is 0.159 e. The molecule has 1 aliphatic heterocycles. The minimum Gasteiger partial charge on any atom is -0.359 e. The van der Waals surface area contributed by atoms with Crippen LogP contribution in [0.1, 0.15) is 17.0 Å². The van der Waals surface area contributed by atoms with Crippen molar-refractivity contribution in [1.29, 1.82) is 0 Å². The van der Waals surface area contributed by atoms with Gasteiger partial charge in [-0.2, -0.15) is 0 Å². The molecule has 2 aromatic carbocycles. The maximum Gasteiger partial charge on any atom is 0.159 e. The quantitative estimate of drug-likeness (QED) is 0.517. The van der Waals surface area contributed by atoms with Crippen LogP contribution in [0.25, 0.3) is 22.6 Å². The van der Waals surface area contributed by atoms with Crippen LogP contribution in [-0.4, -0.2) is 26.6 Å². The van der Waals surface area contributed by atoms with Gasteiger partial charge in [0.1, 0.15) is 11.5 Å². The molecule has 1 aliphatic rings. The molecule has 6 heteroatoms. The first kappa shape index (κ1) is 17.7. The van der Waals surface area contributed by atoms with Gasteiger partial charge in [-0.15, -0.1) is 0 Å². The summed E-state index contributed by atoms with van der Waals surface area (Å²) >= 11 is 0. The van der Waals surface area contributed by atoms with Gasteiger partial charge in [-0.3, -0.25) is 4.90 Å². The van der Waals surface area contributed by atoms with Crippen LogP contribution < -0.4 is 0 Å². The first-order valence-corrected chi connectivity index (χ1v) is 9.59. The average molecular weight is 386 g/mol. The van der Waals surface area contributed by atoms with Gasteiger partial charge in [-0.05, 0) is 12.1 Å². The van der Waals surface area contributed by atoms with Crippen molar-refractivity contribution in [2.75, 3.05) is 6.54 Å². The minimum absolute atomic E-state index is 0.300. The zero-order valence-electron chi connectivity index (χ0n) is 15.8. The van der Waals surface area contributed by atoms with E-state index in [1.807, 2.05) is 42.6 Å². The van der Waals surface area contributed by atoms with Crippen LogP contribution in [0, 0.1) is 5.82 Å². The predicted octanol–water partition coefficient (Wildman–Crippen LogP) is 4.50. The highest BCUT2D eigenvalue weighted by molar-refractivity contribution is 5.59. The molecule has 0 saturated heterocycles. The van der Waals surface area contributed by atoms with E-state index < -0.39 is 0 Å². The van der Waals surface area contributed by atoms with Crippen molar-refractivity contribution in [3.63, 3.8) is 0 Å². The summed E-state index contributed by atoms with van der Waals surface area (Å²) in [4.78, 5) is 11.6. The molecule has 0 radical (unpaired) electrons. The van der Waals surface area contributed by atoms with Gasteiger partial charge in [0.2, 0.25) is 0 Å². The Kier molecular flexibility index (Phi) is 4.62. The monoisotopic (exact) mass is 386 g/mol. The Morgan fingerprint density at radius 3 is 2.72 bits per heavy atom. The molecule has 4 aromatic rings. The molecule has 5 rings (SSSR count). The fraction of sp³-hybridized carbons (Fsp3) is 0.174. The molecule has 0 aliphatic carbocycles. The lowest BCUT2D eigenvalue weighted by atomic mass is 10.1. The van der Waals surface area contributed by atoms with E-state index in [1.54, 1.807) is 18.2 Å². The number of hydrogen-bond donors (Lipinski definition) is 0. The Bertz CT molecular complexity index is 1140. The SMILES string of the molecule is Fc1ccccc1-c1cc(CN2CCc3nc(-c4ccccc4)ncc3C2)on1. The Morgan fingerprint density at radius 1 is 1.03 bits per heavy atom. The van der Waals surface area contributed by atoms with E-state index in [9.17, 15) is 4.39 Å². The normalized spacial score (nSPS) is 14.0. The van der Waals surface area contributed by atoms with Gasteiger partial charge < -0.3 is 4.52 Å². The standard InChI is InChI=1S/C23H19FN4O/c24-20-9-5-4-8-19(20)22-12-18(29-27-22)15-28-11-10-21-17(14-28)13-25-23(26-21)16-6-2-1-3-7-16/h1-9,12-13H,10-11,14-15H2. The van der Waals surface area contributed by atoms with E-state index >= 15 is 0 Å². The molecular formula is C23H19FN4O. The molecule has 0 bridgehead atoms. The van der Waals surface area contributed by atoms with Crippen LogP contribution in [0.2, 0.25) is 0 Å². The van der Waals surface area contributed by atoms with Crippen LogP contribution >= 0.6 is 0 Å². The molecule has 2 aromatic heterocycles. The summed E-state index contributed by atoms with van der Waals surface area (Å²) in [5.74, 6) is 1.18. The van der Waals surface area contributed by atoms with Crippen LogP contribution in [0.5, 0.6) is 0 Å². The third kappa shape index (κ3) is 3.67. The molecule has 0 saturated carbocycles. The maximum absolute atomic E-state index is 14.0. The van der Waals surface area contributed by atoms with Crippen LogP contribution in [0.15, 0.2) is 71.4 Å². The zero-order chi connectivity index (χ0) is 19.6. The largest absolute Gasteiger partial charge is 0.359 e. The van der Waals surface area contributed by atoms with Crippen molar-refractivity contribution >= 4 is 0 Å². The van der Waals surface area contributed by atoms with Crippen LogP contribution in [-0.2, 0) is 19.5 Å². The van der Waals surface area contributed by atoms with Gasteiger partial charge in [-0.1, -0.05) is 47.6 Å². The highest BCUT2D eigenvalue weighted by Crippen LogP contribution is 2.25. The van der Waals surface area contributed by atoms with Crippen molar-refractivity contribution in [3.05, 3.63) is 89.7 Å². The van der Waals surface area contributed by atoms with Crippen molar-refractivity contribution in [2.24, 2.45) is 0 Å². The number of aromatic nitrogens is 3. The third-order valence-corrected chi connectivity index (χ3v) is 5.13. The summed E-state index contributed by atoms with van der Waals surface area (Å²) in [6.07, 6.45) is 2.77. The lowest BCUT2D eigenvalue weighted by Gasteiger charge is -2.27. The first-order valence-electron chi connectivity index (χ1n) is 9.59. The third-order valence-electron chi connectivity index (χ3n) is 5.13. The zero-order valence-corrected chi connectivity index (χ0v) is 15.8. The lowest BCUT2D eigenvalue weighted by molar-refractivity contribution is 0.213. The number of benzene rings is 2. The van der Waals surface area contributed by atoms with E-state index in [4.69, 9.17) is 9.51 Å². The van der Waals surface area contributed by atoms with E-state index in [1.165, 1.54) is 6.07 Å². The molecule has 29 heavy (non-hydrogen) atoms. The summed E-state index contributed by atoms with van der Waals surface area (Å²) in [5.41, 5.74) is 4.23. The molecule has 0 spiro atoms. The molecule has 0 amide bonds. The Labute approximate surface area is 167 Å². The van der Waals surface area contributed by atoms with Gasteiger partial charge in [0, 0.05) is 48.5 Å². The molecule has 5 nitrogen and oxygen atoms in total. The molecule has 144 valence electrons. The van der Waals surface area contributed by atoms with Gasteiger partial charge in [-0.25, -0.2) is 14.4 Å². The highest BCUT2D eigenvalue weighted by atomic mass is 19.1. The fourth-order valence-electron chi connectivity index (χ4n) is 3.64. The Morgan fingerprint density at radius 2 is 1.86 bits per heavy atom. The maximum atomic E-state index is 14.0. The van der Waals surface area contributed by atoms with Crippen LogP contribution in [0.3, 0.4) is 0 Å². The number of nitrogens with zero attached hydrogens (tertiary/aromatic N) is 4. The fourth-order valence-corrected chi connectivity index (χ4v) is 3.64. The van der Waals surface area contributed by atoms with Crippen molar-refractivity contribution in [2.45, 2.75) is 19.5 Å². The van der Waals surface area contributed by atoms with Gasteiger partial charge in [0.15, 0.2) is 11.6 Å². The molecule has 3 heterocycles. The Hall–Kier alpha value is -3.38. The van der Waals surface area contributed by atoms with Gasteiger partial charge >= 0.3 is 0 Å². The first-order chi connectivity index (χ1) is 14.3. The minimum atomic E-state index is -0.300. The number of rotatable bonds is 4. The van der Waals surface area contributed by atoms with E-state index in [-0.39, 0.29) is 5.82 Å². The Balaban J connectivity index is 1.30. The number of halogens is 1. The summed E-state index contributed by atoms with van der Waals surface area (Å²) in [7, 11) is 0. The van der Waals surface area contributed by atoms with E-state index in [0.717, 1.165) is 42.2 Å². The molecular weight excluding hydrogens is 367 g/mol. The number of hydrogen-bond acceptors (Lipinski definition) is 5. The van der Waals surface area contributed by atoms with Crippen LogP contribution in [0.4, 0.5) is 4.39 Å². The second kappa shape index (κ2) is 7.56. The average Bonchev–Trinajstić information content (AvgIpc) is 3.22. The van der Waals surface area contributed by atoms with Gasteiger partial charge in [0.05, 0.1) is 12.2 Å². The van der Waals surface area contributed by atoms with Gasteiger partial charge in [0.25, 0.3) is 0 Å². The van der Waals surface area contributed by atoms with E-state index in [0.29, 0.717) is 23.6 Å². The number of fused-ring (bicyclic) bond motifs is 1. The summed E-state index contributed by atoms with van der Waals surface area (Å²) < 4.78 is 19.4. The van der Waals surface area contributed by atoms with Crippen molar-refractivity contribution < 1.29 is 8.91 Å². The molecule has 0 fully saturated rings. The van der Waals surface area contributed by atoms with E-state index in [2.05, 4.69) is 15.0 Å².